The molecule has 0 aromatic heterocycles. The van der Waals surface area contributed by atoms with E-state index in [1.54, 1.807) is 24.3 Å². The van der Waals surface area contributed by atoms with E-state index in [0.29, 0.717) is 30.9 Å². The molecule has 0 radical (unpaired) electrons. The van der Waals surface area contributed by atoms with E-state index in [4.69, 9.17) is 14.2 Å². The fourth-order valence-corrected chi connectivity index (χ4v) is 4.95. The van der Waals surface area contributed by atoms with Gasteiger partial charge in [0.15, 0.2) is 0 Å². The number of benzene rings is 1. The molecule has 0 unspecified atom stereocenters. The Morgan fingerprint density at radius 3 is 1.61 bits per heavy atom. The van der Waals surface area contributed by atoms with E-state index in [9.17, 15) is 14.4 Å². The first kappa shape index (κ1) is 36.4. The zero-order chi connectivity index (χ0) is 30.0. The highest BCUT2D eigenvalue weighted by Crippen LogP contribution is 2.26. The Hall–Kier alpha value is -2.63. The number of carbonyl (C=O) groups is 3. The molecule has 1 fully saturated rings. The van der Waals surface area contributed by atoms with Crippen molar-refractivity contribution in [2.24, 2.45) is 5.92 Å². The van der Waals surface area contributed by atoms with Crippen molar-refractivity contribution in [1.29, 1.82) is 0 Å². The third-order valence-corrected chi connectivity index (χ3v) is 7.49. The van der Waals surface area contributed by atoms with Crippen LogP contribution in [0.2, 0.25) is 0 Å². The molecule has 0 bridgehead atoms. The molecule has 0 atom stereocenters. The van der Waals surface area contributed by atoms with Gasteiger partial charge in [0.25, 0.3) is 0 Å². The summed E-state index contributed by atoms with van der Waals surface area (Å²) in [7, 11) is 0. The highest BCUT2D eigenvalue weighted by molar-refractivity contribution is 6.03. The molecular formula is C35H56O6. The Morgan fingerprint density at radius 1 is 0.683 bits per heavy atom. The first-order valence-corrected chi connectivity index (χ1v) is 16.3. The quantitative estimate of drug-likeness (QED) is 0.0670. The number of rotatable bonds is 20. The van der Waals surface area contributed by atoms with Gasteiger partial charge in [-0.05, 0) is 37.3 Å². The second-order valence-corrected chi connectivity index (χ2v) is 11.0. The maximum Gasteiger partial charge on any atom is 0.339 e. The van der Waals surface area contributed by atoms with Gasteiger partial charge in [-0.25, -0.2) is 14.4 Å². The summed E-state index contributed by atoms with van der Waals surface area (Å²) in [6, 6.07) is 6.74. The largest absolute Gasteiger partial charge is 0.463 e. The first-order chi connectivity index (χ1) is 20.0. The van der Waals surface area contributed by atoms with Crippen molar-refractivity contribution < 1.29 is 28.6 Å². The number of carbonyl (C=O) groups excluding carboxylic acids is 3. The Kier molecular flexibility index (Phi) is 22.3. The van der Waals surface area contributed by atoms with Crippen LogP contribution >= 0.6 is 0 Å². The number of esters is 3. The molecule has 41 heavy (non-hydrogen) atoms. The Bertz CT molecular complexity index is 794. The van der Waals surface area contributed by atoms with Crippen molar-refractivity contribution in [3.8, 4) is 0 Å². The van der Waals surface area contributed by atoms with Crippen LogP contribution in [0.4, 0.5) is 0 Å². The van der Waals surface area contributed by atoms with Crippen molar-refractivity contribution in [2.45, 2.75) is 129 Å². The van der Waals surface area contributed by atoms with Crippen molar-refractivity contribution >= 4 is 17.9 Å². The van der Waals surface area contributed by atoms with Gasteiger partial charge in [-0.1, -0.05) is 129 Å². The minimum atomic E-state index is -0.444. The molecule has 6 nitrogen and oxygen atoms in total. The summed E-state index contributed by atoms with van der Waals surface area (Å²) in [4.78, 5) is 35.4. The Labute approximate surface area is 249 Å². The lowest BCUT2D eigenvalue weighted by molar-refractivity contribution is -0.138. The van der Waals surface area contributed by atoms with E-state index in [1.165, 1.54) is 89.5 Å². The van der Waals surface area contributed by atoms with E-state index < -0.39 is 11.9 Å². The Morgan fingerprint density at radius 2 is 1.15 bits per heavy atom. The molecule has 6 heteroatoms. The second kappa shape index (κ2) is 25.1. The second-order valence-electron chi connectivity index (χ2n) is 11.0. The van der Waals surface area contributed by atoms with Gasteiger partial charge >= 0.3 is 17.9 Å². The smallest absolute Gasteiger partial charge is 0.339 e. The third-order valence-electron chi connectivity index (χ3n) is 7.49. The summed E-state index contributed by atoms with van der Waals surface area (Å²) in [5.41, 5.74) is 0.586. The fraction of sp³-hybridized carbons (Fsp3) is 0.686. The van der Waals surface area contributed by atoms with Crippen LogP contribution in [0.15, 0.2) is 36.9 Å². The molecule has 1 saturated carbocycles. The minimum Gasteiger partial charge on any atom is -0.463 e. The zero-order valence-electron chi connectivity index (χ0n) is 26.0. The normalized spacial score (nSPS) is 13.0. The molecule has 0 amide bonds. The van der Waals surface area contributed by atoms with E-state index in [1.807, 2.05) is 0 Å². The van der Waals surface area contributed by atoms with Crippen LogP contribution in [-0.4, -0.2) is 37.7 Å². The van der Waals surface area contributed by atoms with Crippen molar-refractivity contribution in [2.75, 3.05) is 19.8 Å². The topological polar surface area (TPSA) is 78.9 Å². The van der Waals surface area contributed by atoms with Gasteiger partial charge in [-0.15, -0.1) is 0 Å². The van der Waals surface area contributed by atoms with Gasteiger partial charge in [0, 0.05) is 6.08 Å². The summed E-state index contributed by atoms with van der Waals surface area (Å²) >= 11 is 0. The molecular weight excluding hydrogens is 516 g/mol. The molecule has 0 aliphatic heterocycles. The van der Waals surface area contributed by atoms with Crippen LogP contribution in [0.5, 0.6) is 0 Å². The first-order valence-electron chi connectivity index (χ1n) is 16.3. The SMILES string of the molecule is C=CC(=O)OCCC1CCCCC1.CCCCCCCCOC(=O)c1ccccc1C(=O)OCCCCCCCC. The lowest BCUT2D eigenvalue weighted by atomic mass is 9.87. The summed E-state index contributed by atoms with van der Waals surface area (Å²) in [6.45, 7) is 9.09. The van der Waals surface area contributed by atoms with Crippen LogP contribution < -0.4 is 0 Å². The van der Waals surface area contributed by atoms with Gasteiger partial charge in [0.2, 0.25) is 0 Å². The lowest BCUT2D eigenvalue weighted by Crippen LogP contribution is -2.15. The molecule has 1 aliphatic carbocycles. The summed E-state index contributed by atoms with van der Waals surface area (Å²) in [5, 5.41) is 0. The number of hydrogen-bond donors (Lipinski definition) is 0. The molecule has 1 aliphatic rings. The van der Waals surface area contributed by atoms with Gasteiger partial charge < -0.3 is 14.2 Å². The predicted molar refractivity (Wildman–Crippen MR) is 166 cm³/mol. The zero-order valence-corrected chi connectivity index (χ0v) is 26.0. The van der Waals surface area contributed by atoms with Crippen molar-refractivity contribution in [3.05, 3.63) is 48.0 Å². The van der Waals surface area contributed by atoms with Gasteiger partial charge in [0.1, 0.15) is 0 Å². The van der Waals surface area contributed by atoms with Crippen molar-refractivity contribution in [1.82, 2.24) is 0 Å². The van der Waals surface area contributed by atoms with Crippen LogP contribution in [0, 0.1) is 5.92 Å². The monoisotopic (exact) mass is 572 g/mol. The standard InChI is InChI=1S/C24H38O4.C11H18O2/c1-3-5-7-9-11-15-19-27-23(25)21-17-13-14-18-22(21)24(26)28-20-16-12-10-8-6-4-2;1-2-11(12)13-9-8-10-6-4-3-5-7-10/h13-14,17-18H,3-12,15-16,19-20H2,1-2H3;2,10H,1,3-9H2. The summed E-state index contributed by atoms with van der Waals surface area (Å²) in [5.74, 6) is -0.400. The van der Waals surface area contributed by atoms with Crippen molar-refractivity contribution in [3.63, 3.8) is 0 Å². The van der Waals surface area contributed by atoms with Gasteiger partial charge in [0.05, 0.1) is 30.9 Å². The number of hydrogen-bond acceptors (Lipinski definition) is 6. The minimum absolute atomic E-state index is 0.293. The average molecular weight is 573 g/mol. The molecule has 0 heterocycles. The van der Waals surface area contributed by atoms with Crippen LogP contribution in [0.1, 0.15) is 150 Å². The molecule has 232 valence electrons. The molecule has 0 saturated heterocycles. The highest BCUT2D eigenvalue weighted by Gasteiger charge is 2.19. The molecule has 0 N–H and O–H groups in total. The van der Waals surface area contributed by atoms with Crippen LogP contribution in [0.3, 0.4) is 0 Å². The Balaban J connectivity index is 0.000000537. The van der Waals surface area contributed by atoms with E-state index in [2.05, 4.69) is 20.4 Å². The maximum absolute atomic E-state index is 12.4. The fourth-order valence-electron chi connectivity index (χ4n) is 4.95. The highest BCUT2D eigenvalue weighted by atomic mass is 16.5. The molecule has 1 aromatic rings. The summed E-state index contributed by atoms with van der Waals surface area (Å²) in [6.07, 6.45) is 22.6. The van der Waals surface area contributed by atoms with E-state index in [-0.39, 0.29) is 5.97 Å². The van der Waals surface area contributed by atoms with Crippen LogP contribution in [0.25, 0.3) is 0 Å². The number of ether oxygens (including phenoxy) is 3. The average Bonchev–Trinajstić information content (AvgIpc) is 3.00. The predicted octanol–water partition coefficient (Wildman–Crippen LogP) is 9.41. The number of unbranched alkanes of at least 4 members (excludes halogenated alkanes) is 10. The van der Waals surface area contributed by atoms with E-state index >= 15 is 0 Å². The summed E-state index contributed by atoms with van der Waals surface area (Å²) < 4.78 is 15.7. The van der Waals surface area contributed by atoms with E-state index in [0.717, 1.165) is 38.0 Å². The lowest BCUT2D eigenvalue weighted by Gasteiger charge is -2.20. The van der Waals surface area contributed by atoms with Gasteiger partial charge in [-0.3, -0.25) is 0 Å². The maximum atomic E-state index is 12.4. The molecule has 0 spiro atoms. The van der Waals surface area contributed by atoms with Gasteiger partial charge in [-0.2, -0.15) is 0 Å². The molecule has 2 rings (SSSR count). The third kappa shape index (κ3) is 18.4. The molecule has 1 aromatic carbocycles. The van der Waals surface area contributed by atoms with Crippen LogP contribution in [-0.2, 0) is 19.0 Å².